The number of carbonyl (C=O) groups excluding carboxylic acids is 2. The summed E-state index contributed by atoms with van der Waals surface area (Å²) in [6, 6.07) is -2.66. The summed E-state index contributed by atoms with van der Waals surface area (Å²) in [4.78, 5) is 40.0. The fourth-order valence-corrected chi connectivity index (χ4v) is 3.14. The Morgan fingerprint density at radius 1 is 0.964 bits per heavy atom. The van der Waals surface area contributed by atoms with Crippen LogP contribution >= 0.6 is 23.5 Å². The lowest BCUT2D eigenvalue weighted by Crippen LogP contribution is -2.54. The lowest BCUT2D eigenvalue weighted by Gasteiger charge is -2.22. The number of carbonyl (C=O) groups is 3. The first-order valence-corrected chi connectivity index (χ1v) is 11.6. The van der Waals surface area contributed by atoms with Gasteiger partial charge in [0.1, 0.15) is 12.1 Å². The molecule has 12 heteroatoms. The Balaban J connectivity index is 4.80. The summed E-state index contributed by atoms with van der Waals surface area (Å²) in [5, 5.41) is 14.4. The van der Waals surface area contributed by atoms with Crippen LogP contribution in [0.1, 0.15) is 25.7 Å². The number of rotatable bonds is 15. The predicted molar refractivity (Wildman–Crippen MR) is 115 cm³/mol. The van der Waals surface area contributed by atoms with Gasteiger partial charge in [-0.25, -0.2) is 4.79 Å². The third kappa shape index (κ3) is 11.9. The Hall–Kier alpha value is -1.66. The van der Waals surface area contributed by atoms with Crippen LogP contribution < -0.4 is 27.8 Å². The summed E-state index contributed by atoms with van der Waals surface area (Å²) in [6.07, 6.45) is 5.28. The lowest BCUT2D eigenvalue weighted by molar-refractivity contribution is -0.142. The third-order valence-electron chi connectivity index (χ3n) is 3.77. The molecule has 0 aromatic heterocycles. The molecular weight excluding hydrogens is 404 g/mol. The first-order valence-electron chi connectivity index (χ1n) is 8.85. The van der Waals surface area contributed by atoms with Crippen LogP contribution in [0.25, 0.3) is 0 Å². The second kappa shape index (κ2) is 15.3. The van der Waals surface area contributed by atoms with Crippen LogP contribution in [0.4, 0.5) is 0 Å². The molecule has 28 heavy (non-hydrogen) atoms. The number of nitrogens with zero attached hydrogens (tertiary/aromatic N) is 1. The molecule has 0 fully saturated rings. The quantitative estimate of drug-likeness (QED) is 0.106. The molecule has 2 amide bonds. The van der Waals surface area contributed by atoms with Crippen LogP contribution in [-0.2, 0) is 14.4 Å². The summed E-state index contributed by atoms with van der Waals surface area (Å²) in [7, 11) is 0. The van der Waals surface area contributed by atoms with Crippen molar-refractivity contribution in [3.63, 3.8) is 0 Å². The van der Waals surface area contributed by atoms with Gasteiger partial charge < -0.3 is 32.9 Å². The predicted octanol–water partition coefficient (Wildman–Crippen LogP) is -1.07. The van der Waals surface area contributed by atoms with Gasteiger partial charge in [0.15, 0.2) is 5.96 Å². The number of aliphatic imine (C=N–C) groups is 1. The standard InChI is InChI=1S/C16H32N6O4S2/c1-27-8-5-11(14(24)22-12(15(25)26)6-9-28-2)21-13(23)10(17)4-3-7-20-16(18)19/h10-12H,3-9,17H2,1-2H3,(H,21,23)(H,22,24)(H,25,26)(H4,18,19,20). The van der Waals surface area contributed by atoms with Crippen LogP contribution in [0.3, 0.4) is 0 Å². The maximum absolute atomic E-state index is 12.5. The van der Waals surface area contributed by atoms with Crippen LogP contribution in [0.5, 0.6) is 0 Å². The number of carboxylic acid groups (broad SMARTS) is 1. The van der Waals surface area contributed by atoms with Gasteiger partial charge in [0.25, 0.3) is 0 Å². The minimum atomic E-state index is -1.10. The molecule has 0 saturated carbocycles. The summed E-state index contributed by atoms with van der Waals surface area (Å²) < 4.78 is 0. The van der Waals surface area contributed by atoms with E-state index < -0.39 is 35.9 Å². The van der Waals surface area contributed by atoms with Crippen molar-refractivity contribution in [2.75, 3.05) is 30.6 Å². The molecule has 162 valence electrons. The number of aliphatic carboxylic acids is 1. The molecule has 0 heterocycles. The Morgan fingerprint density at radius 2 is 1.50 bits per heavy atom. The molecule has 0 aliphatic heterocycles. The highest BCUT2D eigenvalue weighted by molar-refractivity contribution is 7.98. The van der Waals surface area contributed by atoms with Gasteiger partial charge >= 0.3 is 5.97 Å². The topological polar surface area (TPSA) is 186 Å². The van der Waals surface area contributed by atoms with Crippen LogP contribution in [-0.4, -0.2) is 77.5 Å². The number of amides is 2. The van der Waals surface area contributed by atoms with Crippen molar-refractivity contribution < 1.29 is 19.5 Å². The van der Waals surface area contributed by atoms with Gasteiger partial charge in [0.2, 0.25) is 11.8 Å². The molecule has 0 rings (SSSR count). The third-order valence-corrected chi connectivity index (χ3v) is 5.06. The summed E-state index contributed by atoms with van der Waals surface area (Å²) in [6.45, 7) is 0.357. The molecule has 10 nitrogen and oxygen atoms in total. The Kier molecular flexibility index (Phi) is 14.4. The second-order valence-corrected chi connectivity index (χ2v) is 8.05. The van der Waals surface area contributed by atoms with Crippen molar-refractivity contribution in [2.45, 2.75) is 43.8 Å². The SMILES string of the molecule is CSCCC(NC(=O)C(CCSC)NC(=O)C(N)CCCN=C(N)N)C(=O)O. The summed E-state index contributed by atoms with van der Waals surface area (Å²) >= 11 is 3.01. The molecule has 0 spiro atoms. The maximum Gasteiger partial charge on any atom is 0.326 e. The summed E-state index contributed by atoms with van der Waals surface area (Å²) in [5.74, 6) is -0.902. The minimum absolute atomic E-state index is 0.0266. The zero-order chi connectivity index (χ0) is 21.5. The lowest BCUT2D eigenvalue weighted by atomic mass is 10.1. The van der Waals surface area contributed by atoms with Gasteiger partial charge in [-0.1, -0.05) is 0 Å². The number of thioether (sulfide) groups is 2. The monoisotopic (exact) mass is 436 g/mol. The zero-order valence-electron chi connectivity index (χ0n) is 16.3. The van der Waals surface area contributed by atoms with Crippen molar-refractivity contribution >= 4 is 47.3 Å². The average molecular weight is 437 g/mol. The molecule has 3 unspecified atom stereocenters. The smallest absolute Gasteiger partial charge is 0.326 e. The van der Waals surface area contributed by atoms with Crippen LogP contribution in [0.15, 0.2) is 4.99 Å². The van der Waals surface area contributed by atoms with Crippen molar-refractivity contribution in [1.82, 2.24) is 10.6 Å². The minimum Gasteiger partial charge on any atom is -0.480 e. The van der Waals surface area contributed by atoms with E-state index in [1.165, 1.54) is 23.5 Å². The number of hydrogen-bond donors (Lipinski definition) is 6. The Labute approximate surface area is 174 Å². The van der Waals surface area contributed by atoms with Crippen molar-refractivity contribution in [3.05, 3.63) is 0 Å². The van der Waals surface area contributed by atoms with E-state index in [0.717, 1.165) is 0 Å². The largest absolute Gasteiger partial charge is 0.480 e. The van der Waals surface area contributed by atoms with E-state index >= 15 is 0 Å². The van der Waals surface area contributed by atoms with E-state index in [9.17, 15) is 19.5 Å². The fraction of sp³-hybridized carbons (Fsp3) is 0.750. The molecule has 0 aliphatic carbocycles. The highest BCUT2D eigenvalue weighted by Gasteiger charge is 2.27. The number of carboxylic acids is 1. The highest BCUT2D eigenvalue weighted by Crippen LogP contribution is 2.06. The van der Waals surface area contributed by atoms with Crippen LogP contribution in [0, 0.1) is 0 Å². The number of guanidine groups is 1. The van der Waals surface area contributed by atoms with E-state index in [-0.39, 0.29) is 5.96 Å². The number of nitrogens with one attached hydrogen (secondary N) is 2. The first-order chi connectivity index (χ1) is 13.2. The first kappa shape index (κ1) is 26.3. The van der Waals surface area contributed by atoms with Crippen molar-refractivity contribution in [2.24, 2.45) is 22.2 Å². The molecule has 0 aromatic carbocycles. The molecule has 0 bridgehead atoms. The van der Waals surface area contributed by atoms with Gasteiger partial charge in [0.05, 0.1) is 6.04 Å². The van der Waals surface area contributed by atoms with E-state index in [2.05, 4.69) is 15.6 Å². The van der Waals surface area contributed by atoms with Gasteiger partial charge in [0, 0.05) is 6.54 Å². The van der Waals surface area contributed by atoms with E-state index in [0.29, 0.717) is 43.7 Å². The molecule has 0 aliphatic rings. The van der Waals surface area contributed by atoms with E-state index in [4.69, 9.17) is 17.2 Å². The zero-order valence-corrected chi connectivity index (χ0v) is 18.0. The molecule has 3 atom stereocenters. The Morgan fingerprint density at radius 3 is 2.00 bits per heavy atom. The highest BCUT2D eigenvalue weighted by atomic mass is 32.2. The van der Waals surface area contributed by atoms with Crippen molar-refractivity contribution in [1.29, 1.82) is 0 Å². The van der Waals surface area contributed by atoms with Gasteiger partial charge in [-0.2, -0.15) is 23.5 Å². The normalized spacial score (nSPS) is 13.8. The van der Waals surface area contributed by atoms with Gasteiger partial charge in [-0.3, -0.25) is 14.6 Å². The van der Waals surface area contributed by atoms with Gasteiger partial charge in [-0.05, 0) is 49.7 Å². The fourth-order valence-electron chi connectivity index (χ4n) is 2.20. The maximum atomic E-state index is 12.5. The Bertz CT molecular complexity index is 531. The molecule has 9 N–H and O–H groups in total. The molecule has 0 aromatic rings. The summed E-state index contributed by atoms with van der Waals surface area (Å²) in [5.41, 5.74) is 16.3. The molecule has 0 saturated heterocycles. The molecular formula is C16H32N6O4S2. The van der Waals surface area contributed by atoms with E-state index in [1.807, 2.05) is 12.5 Å². The number of hydrogen-bond acceptors (Lipinski definition) is 7. The van der Waals surface area contributed by atoms with Crippen molar-refractivity contribution in [3.8, 4) is 0 Å². The molecule has 0 radical (unpaired) electrons. The van der Waals surface area contributed by atoms with Gasteiger partial charge in [-0.15, -0.1) is 0 Å². The average Bonchev–Trinajstić information content (AvgIpc) is 2.64. The second-order valence-electron chi connectivity index (χ2n) is 6.08. The van der Waals surface area contributed by atoms with E-state index in [1.54, 1.807) is 0 Å². The number of nitrogens with two attached hydrogens (primary N) is 3. The van der Waals surface area contributed by atoms with Crippen LogP contribution in [0.2, 0.25) is 0 Å².